The number of ether oxygens (including phenoxy) is 1. The van der Waals surface area contributed by atoms with E-state index in [1.54, 1.807) is 6.07 Å². The summed E-state index contributed by atoms with van der Waals surface area (Å²) in [4.78, 5) is 0. The van der Waals surface area contributed by atoms with Crippen LogP contribution in [0.25, 0.3) is 0 Å². The van der Waals surface area contributed by atoms with Crippen molar-refractivity contribution in [2.24, 2.45) is 0 Å². The first-order valence-electron chi connectivity index (χ1n) is 6.06. The van der Waals surface area contributed by atoms with Gasteiger partial charge < -0.3 is 15.8 Å². The highest BCUT2D eigenvalue weighted by Gasteiger charge is 2.24. The molecule has 3 N–H and O–H groups in total. The van der Waals surface area contributed by atoms with Crippen LogP contribution in [0.3, 0.4) is 0 Å². The number of anilines is 2. The number of nitriles is 1. The first-order chi connectivity index (χ1) is 9.29. The summed E-state index contributed by atoms with van der Waals surface area (Å²) < 4.78 is 5.61. The zero-order chi connectivity index (χ0) is 13.2. The Bertz CT molecular complexity index is 661. The third-order valence-corrected chi connectivity index (χ3v) is 3.26. The Morgan fingerprint density at radius 3 is 2.89 bits per heavy atom. The number of benzene rings is 2. The predicted molar refractivity (Wildman–Crippen MR) is 73.9 cm³/mol. The summed E-state index contributed by atoms with van der Waals surface area (Å²) in [7, 11) is 0. The molecule has 1 heterocycles. The molecule has 1 aliphatic heterocycles. The molecular weight excluding hydrogens is 238 g/mol. The molecule has 0 spiro atoms. The van der Waals surface area contributed by atoms with Gasteiger partial charge in [-0.3, -0.25) is 0 Å². The molecule has 0 aliphatic carbocycles. The first kappa shape index (κ1) is 11.4. The van der Waals surface area contributed by atoms with E-state index in [1.165, 1.54) is 0 Å². The van der Waals surface area contributed by atoms with Gasteiger partial charge in [0, 0.05) is 5.56 Å². The molecular formula is C15H13N3O. The van der Waals surface area contributed by atoms with E-state index in [-0.39, 0.29) is 6.04 Å². The Morgan fingerprint density at radius 1 is 1.21 bits per heavy atom. The van der Waals surface area contributed by atoms with Gasteiger partial charge in [-0.25, -0.2) is 0 Å². The lowest BCUT2D eigenvalue weighted by molar-refractivity contribution is 0.340. The van der Waals surface area contributed by atoms with E-state index in [1.807, 2.05) is 36.4 Å². The van der Waals surface area contributed by atoms with Gasteiger partial charge in [-0.1, -0.05) is 24.3 Å². The van der Waals surface area contributed by atoms with Crippen LogP contribution < -0.4 is 15.8 Å². The minimum atomic E-state index is 0.0624. The maximum absolute atomic E-state index is 8.98. The number of nitrogens with zero attached hydrogens (tertiary/aromatic N) is 1. The maximum Gasteiger partial charge on any atom is 0.124 e. The summed E-state index contributed by atoms with van der Waals surface area (Å²) in [6.07, 6.45) is 0. The van der Waals surface area contributed by atoms with Crippen molar-refractivity contribution in [3.05, 3.63) is 53.6 Å². The van der Waals surface area contributed by atoms with Gasteiger partial charge in [0.2, 0.25) is 0 Å². The molecule has 0 amide bonds. The Kier molecular flexibility index (Phi) is 2.73. The number of hydrogen-bond donors (Lipinski definition) is 2. The Hall–Kier alpha value is -2.67. The highest BCUT2D eigenvalue weighted by molar-refractivity contribution is 5.73. The fourth-order valence-corrected chi connectivity index (χ4v) is 2.26. The lowest BCUT2D eigenvalue weighted by Gasteiger charge is -2.15. The van der Waals surface area contributed by atoms with Gasteiger partial charge in [0.1, 0.15) is 18.4 Å². The van der Waals surface area contributed by atoms with Crippen molar-refractivity contribution < 1.29 is 4.74 Å². The zero-order valence-corrected chi connectivity index (χ0v) is 10.3. The Morgan fingerprint density at radius 2 is 2.05 bits per heavy atom. The molecule has 3 rings (SSSR count). The van der Waals surface area contributed by atoms with Crippen molar-refractivity contribution in [2.45, 2.75) is 6.04 Å². The van der Waals surface area contributed by atoms with Gasteiger partial charge in [-0.2, -0.15) is 5.26 Å². The van der Waals surface area contributed by atoms with E-state index in [9.17, 15) is 0 Å². The van der Waals surface area contributed by atoms with Gasteiger partial charge in [-0.15, -0.1) is 0 Å². The van der Waals surface area contributed by atoms with Crippen LogP contribution in [0, 0.1) is 11.3 Å². The second-order valence-corrected chi connectivity index (χ2v) is 4.42. The number of fused-ring (bicyclic) bond motifs is 1. The van der Waals surface area contributed by atoms with Gasteiger partial charge in [-0.05, 0) is 18.2 Å². The Labute approximate surface area is 111 Å². The second-order valence-electron chi connectivity index (χ2n) is 4.42. The molecule has 4 heteroatoms. The molecule has 0 saturated heterocycles. The molecule has 94 valence electrons. The summed E-state index contributed by atoms with van der Waals surface area (Å²) in [5.41, 5.74) is 8.81. The smallest absolute Gasteiger partial charge is 0.124 e. The summed E-state index contributed by atoms with van der Waals surface area (Å²) in [6.45, 7) is 0.565. The van der Waals surface area contributed by atoms with E-state index in [0.717, 1.165) is 17.0 Å². The lowest BCUT2D eigenvalue weighted by Crippen LogP contribution is -2.13. The average Bonchev–Trinajstić information content (AvgIpc) is 2.85. The molecule has 0 saturated carbocycles. The molecule has 2 aromatic rings. The normalized spacial score (nSPS) is 16.3. The molecule has 0 bridgehead atoms. The van der Waals surface area contributed by atoms with E-state index < -0.39 is 0 Å². The monoisotopic (exact) mass is 251 g/mol. The minimum Gasteiger partial charge on any atom is -0.491 e. The zero-order valence-electron chi connectivity index (χ0n) is 10.3. The quantitative estimate of drug-likeness (QED) is 0.805. The van der Waals surface area contributed by atoms with Crippen molar-refractivity contribution in [3.8, 4) is 11.8 Å². The molecule has 19 heavy (non-hydrogen) atoms. The van der Waals surface area contributed by atoms with Crippen molar-refractivity contribution in [1.29, 1.82) is 5.26 Å². The van der Waals surface area contributed by atoms with Crippen LogP contribution in [0.2, 0.25) is 0 Å². The van der Waals surface area contributed by atoms with Crippen molar-refractivity contribution >= 4 is 11.4 Å². The molecule has 2 aromatic carbocycles. The fraction of sp³-hybridized carbons (Fsp3) is 0.133. The molecule has 0 fully saturated rings. The Balaban J connectivity index is 1.90. The topological polar surface area (TPSA) is 71.1 Å². The molecule has 0 radical (unpaired) electrons. The highest BCUT2D eigenvalue weighted by Crippen LogP contribution is 2.35. The summed E-state index contributed by atoms with van der Waals surface area (Å²) in [6, 6.07) is 15.5. The first-order valence-corrected chi connectivity index (χ1v) is 6.06. The van der Waals surface area contributed by atoms with Crippen LogP contribution in [0.4, 0.5) is 11.4 Å². The van der Waals surface area contributed by atoms with E-state index in [0.29, 0.717) is 17.9 Å². The number of nitrogens with one attached hydrogen (secondary N) is 1. The van der Waals surface area contributed by atoms with Crippen molar-refractivity contribution in [2.75, 3.05) is 17.7 Å². The van der Waals surface area contributed by atoms with E-state index in [4.69, 9.17) is 15.7 Å². The lowest BCUT2D eigenvalue weighted by atomic mass is 10.1. The highest BCUT2D eigenvalue weighted by atomic mass is 16.5. The second kappa shape index (κ2) is 4.54. The summed E-state index contributed by atoms with van der Waals surface area (Å²) in [5, 5.41) is 12.3. The average molecular weight is 251 g/mol. The third-order valence-electron chi connectivity index (χ3n) is 3.26. The molecule has 1 unspecified atom stereocenters. The minimum absolute atomic E-state index is 0.0624. The van der Waals surface area contributed by atoms with Gasteiger partial charge in [0.05, 0.1) is 23.0 Å². The number of hydrogen-bond acceptors (Lipinski definition) is 4. The summed E-state index contributed by atoms with van der Waals surface area (Å²) >= 11 is 0. The van der Waals surface area contributed by atoms with Crippen molar-refractivity contribution in [3.63, 3.8) is 0 Å². The standard InChI is InChI=1S/C15H13N3O/c16-8-10-4-3-6-12(15(10)17)18-13-9-19-14-7-2-1-5-11(13)14/h1-7,13,18H,9,17H2. The third kappa shape index (κ3) is 1.95. The maximum atomic E-state index is 8.98. The van der Waals surface area contributed by atoms with Crippen molar-refractivity contribution in [1.82, 2.24) is 0 Å². The van der Waals surface area contributed by atoms with Crippen LogP contribution >= 0.6 is 0 Å². The predicted octanol–water partition coefficient (Wildman–Crippen LogP) is 2.69. The summed E-state index contributed by atoms with van der Waals surface area (Å²) in [5.74, 6) is 0.898. The fourth-order valence-electron chi connectivity index (χ4n) is 2.26. The molecule has 4 nitrogen and oxygen atoms in total. The van der Waals surface area contributed by atoms with E-state index >= 15 is 0 Å². The number of para-hydroxylation sites is 2. The number of nitrogens with two attached hydrogens (primary N) is 1. The van der Waals surface area contributed by atoms with Gasteiger partial charge in [0.15, 0.2) is 0 Å². The van der Waals surface area contributed by atoms with Gasteiger partial charge in [0.25, 0.3) is 0 Å². The van der Waals surface area contributed by atoms with Crippen LogP contribution in [0.15, 0.2) is 42.5 Å². The number of rotatable bonds is 2. The van der Waals surface area contributed by atoms with Gasteiger partial charge >= 0.3 is 0 Å². The SMILES string of the molecule is N#Cc1cccc(NC2COc3ccccc32)c1N. The van der Waals surface area contributed by atoms with E-state index in [2.05, 4.69) is 11.4 Å². The number of nitrogen functional groups attached to an aromatic ring is 1. The van der Waals surface area contributed by atoms with Crippen LogP contribution in [0.5, 0.6) is 5.75 Å². The molecule has 1 atom stereocenters. The molecule has 1 aliphatic rings. The van der Waals surface area contributed by atoms with Crippen LogP contribution in [-0.2, 0) is 0 Å². The molecule has 0 aromatic heterocycles. The largest absolute Gasteiger partial charge is 0.491 e. The van der Waals surface area contributed by atoms with Crippen LogP contribution in [0.1, 0.15) is 17.2 Å². The van der Waals surface area contributed by atoms with Crippen LogP contribution in [-0.4, -0.2) is 6.61 Å².